The van der Waals surface area contributed by atoms with Crippen LogP contribution in [-0.4, -0.2) is 72.2 Å². The molecule has 1 saturated heterocycles. The smallest absolute Gasteiger partial charge is 0.388 e. The summed E-state index contributed by atoms with van der Waals surface area (Å²) in [5.74, 6) is 4.51. The van der Waals surface area contributed by atoms with E-state index in [0.717, 1.165) is 19.2 Å². The van der Waals surface area contributed by atoms with Gasteiger partial charge < -0.3 is 15.5 Å². The maximum absolute atomic E-state index is 13.9. The van der Waals surface area contributed by atoms with Gasteiger partial charge in [-0.3, -0.25) is 20.1 Å². The Hall–Kier alpha value is -4.06. The van der Waals surface area contributed by atoms with Crippen LogP contribution in [0, 0.1) is 17.3 Å². The van der Waals surface area contributed by atoms with E-state index >= 15 is 0 Å². The van der Waals surface area contributed by atoms with E-state index in [0.29, 0.717) is 18.8 Å². The van der Waals surface area contributed by atoms with Gasteiger partial charge in [-0.2, -0.15) is 26.3 Å². The zero-order valence-corrected chi connectivity index (χ0v) is 24.5. The van der Waals surface area contributed by atoms with E-state index in [1.807, 2.05) is 11.9 Å². The summed E-state index contributed by atoms with van der Waals surface area (Å²) in [6.45, 7) is 2.97. The minimum Gasteiger partial charge on any atom is -0.388 e. The fourth-order valence-corrected chi connectivity index (χ4v) is 5.07. The molecule has 0 atom stereocenters. The maximum Gasteiger partial charge on any atom is 0.446 e. The number of alkyl halides is 6. The number of benzene rings is 2. The lowest BCUT2D eigenvalue weighted by atomic mass is 10.0. The number of anilines is 2. The molecule has 44 heavy (non-hydrogen) atoms. The Balaban J connectivity index is 1.50. The molecular weight excluding hydrogens is 606 g/mol. The van der Waals surface area contributed by atoms with E-state index in [1.54, 1.807) is 7.05 Å². The molecule has 2 heterocycles. The standard InChI is InChI=1S/C30H28F6N6OS/c1-38-27-8-6-23(44-30(34,35)36)15-24(27)26(37)7-3-19-13-21(17-39-16-19)28(43)40-22-5-4-20(25(14-22)29(31,32)33)18-42-11-9-41(2)10-12-42/h4-6,8,13-17,37-38H,9-12,18H2,1-2H3,(H,40,43). The number of carbonyl (C=O) groups excluding carboxylic acids is 1. The number of likely N-dealkylation sites (N-methyl/N-ethyl adjacent to an activating group) is 1. The summed E-state index contributed by atoms with van der Waals surface area (Å²) < 4.78 is 80.3. The van der Waals surface area contributed by atoms with Crippen LogP contribution < -0.4 is 10.6 Å². The third-order valence-electron chi connectivity index (χ3n) is 6.76. The molecule has 0 aliphatic carbocycles. The Bertz CT molecular complexity index is 1590. The van der Waals surface area contributed by atoms with Crippen molar-refractivity contribution in [3.63, 3.8) is 0 Å². The van der Waals surface area contributed by atoms with E-state index in [1.165, 1.54) is 48.8 Å². The van der Waals surface area contributed by atoms with E-state index in [9.17, 15) is 31.1 Å². The minimum absolute atomic E-state index is 0.0119. The molecule has 1 fully saturated rings. The highest BCUT2D eigenvalue weighted by atomic mass is 32.2. The summed E-state index contributed by atoms with van der Waals surface area (Å²) in [6, 6.07) is 8.94. The number of aromatic nitrogens is 1. The second-order valence-electron chi connectivity index (χ2n) is 10.00. The molecule has 7 nitrogen and oxygen atoms in total. The number of nitrogens with zero attached hydrogens (tertiary/aromatic N) is 3. The van der Waals surface area contributed by atoms with Crippen LogP contribution in [-0.2, 0) is 12.7 Å². The highest BCUT2D eigenvalue weighted by Crippen LogP contribution is 2.38. The van der Waals surface area contributed by atoms with Crippen LogP contribution in [0.1, 0.15) is 32.6 Å². The summed E-state index contributed by atoms with van der Waals surface area (Å²) in [5, 5.41) is 13.6. The van der Waals surface area contributed by atoms with E-state index in [2.05, 4.69) is 32.4 Å². The first-order valence-corrected chi connectivity index (χ1v) is 14.1. The predicted octanol–water partition coefficient (Wildman–Crippen LogP) is 6.17. The van der Waals surface area contributed by atoms with E-state index in [-0.39, 0.29) is 56.9 Å². The average molecular weight is 635 g/mol. The Labute approximate surface area is 254 Å². The van der Waals surface area contributed by atoms with Gasteiger partial charge in [-0.15, -0.1) is 0 Å². The van der Waals surface area contributed by atoms with Crippen molar-refractivity contribution >= 4 is 34.8 Å². The molecule has 0 spiro atoms. The summed E-state index contributed by atoms with van der Waals surface area (Å²) in [6.07, 6.45) is -2.08. The number of amides is 1. The average Bonchev–Trinajstić information content (AvgIpc) is 2.96. The number of rotatable bonds is 7. The molecule has 3 aromatic rings. The molecular formula is C30H28F6N6OS. The second-order valence-corrected chi connectivity index (χ2v) is 11.1. The van der Waals surface area contributed by atoms with Gasteiger partial charge in [-0.1, -0.05) is 12.0 Å². The van der Waals surface area contributed by atoms with Crippen molar-refractivity contribution in [1.29, 1.82) is 5.41 Å². The second kappa shape index (κ2) is 13.7. The molecule has 0 saturated carbocycles. The van der Waals surface area contributed by atoms with Gasteiger partial charge in [0, 0.05) is 79.6 Å². The highest BCUT2D eigenvalue weighted by molar-refractivity contribution is 8.00. The van der Waals surface area contributed by atoms with Crippen LogP contribution in [0.3, 0.4) is 0 Å². The highest BCUT2D eigenvalue weighted by Gasteiger charge is 2.34. The fourth-order valence-electron chi connectivity index (χ4n) is 4.49. The van der Waals surface area contributed by atoms with Crippen LogP contribution in [0.15, 0.2) is 59.8 Å². The number of carbonyl (C=O) groups is 1. The number of thioether (sulfide) groups is 1. The van der Waals surface area contributed by atoms with Crippen molar-refractivity contribution < 1.29 is 31.1 Å². The van der Waals surface area contributed by atoms with Gasteiger partial charge in [0.1, 0.15) is 5.71 Å². The number of piperazine rings is 1. The molecule has 0 radical (unpaired) electrons. The molecule has 4 rings (SSSR count). The lowest BCUT2D eigenvalue weighted by Crippen LogP contribution is -2.44. The van der Waals surface area contributed by atoms with Gasteiger partial charge >= 0.3 is 11.7 Å². The molecule has 0 bridgehead atoms. The zero-order chi connectivity index (χ0) is 32.1. The molecule has 1 aliphatic heterocycles. The largest absolute Gasteiger partial charge is 0.446 e. The van der Waals surface area contributed by atoms with Crippen LogP contribution in [0.4, 0.5) is 37.7 Å². The third kappa shape index (κ3) is 8.98. The first-order valence-electron chi connectivity index (χ1n) is 13.3. The fraction of sp³-hybridized carbons (Fsp3) is 0.300. The predicted molar refractivity (Wildman–Crippen MR) is 158 cm³/mol. The molecule has 2 aromatic carbocycles. The lowest BCUT2D eigenvalue weighted by Gasteiger charge is -2.33. The van der Waals surface area contributed by atoms with Crippen molar-refractivity contribution in [3.8, 4) is 11.8 Å². The SMILES string of the molecule is CNc1ccc(SC(F)(F)F)cc1C(=N)C#Cc1cncc(C(=O)Nc2ccc(CN3CCN(C)CC3)c(C(F)(F)F)c2)c1. The molecule has 14 heteroatoms. The maximum atomic E-state index is 13.9. The quantitative estimate of drug-likeness (QED) is 0.125. The minimum atomic E-state index is -4.62. The first-order chi connectivity index (χ1) is 20.7. The van der Waals surface area contributed by atoms with Crippen molar-refractivity contribution in [2.24, 2.45) is 0 Å². The van der Waals surface area contributed by atoms with E-state index in [4.69, 9.17) is 5.41 Å². The number of pyridine rings is 1. The molecule has 1 aliphatic rings. The van der Waals surface area contributed by atoms with E-state index < -0.39 is 23.2 Å². The zero-order valence-electron chi connectivity index (χ0n) is 23.7. The number of hydrogen-bond donors (Lipinski definition) is 3. The van der Waals surface area contributed by atoms with Crippen molar-refractivity contribution in [2.75, 3.05) is 50.9 Å². The molecule has 1 aromatic heterocycles. The monoisotopic (exact) mass is 634 g/mol. The first kappa shape index (κ1) is 32.8. The van der Waals surface area contributed by atoms with Crippen LogP contribution in [0.25, 0.3) is 0 Å². The molecule has 232 valence electrons. The summed E-state index contributed by atoms with van der Waals surface area (Å²) in [4.78, 5) is 20.8. The molecule has 1 amide bonds. The van der Waals surface area contributed by atoms with Gasteiger partial charge in [-0.25, -0.2) is 0 Å². The summed E-state index contributed by atoms with van der Waals surface area (Å²) in [7, 11) is 3.52. The number of halogens is 6. The van der Waals surface area contributed by atoms with Crippen LogP contribution in [0.5, 0.6) is 0 Å². The van der Waals surface area contributed by atoms with Gasteiger partial charge in [-0.05, 0) is 66.7 Å². The number of nitrogens with one attached hydrogen (secondary N) is 3. The van der Waals surface area contributed by atoms with Crippen LogP contribution in [0.2, 0.25) is 0 Å². The summed E-state index contributed by atoms with van der Waals surface area (Å²) in [5.41, 5.74) is -4.76. The number of hydrogen-bond acceptors (Lipinski definition) is 7. The van der Waals surface area contributed by atoms with Gasteiger partial charge in [0.25, 0.3) is 5.91 Å². The van der Waals surface area contributed by atoms with Crippen molar-refractivity contribution in [3.05, 3.63) is 82.7 Å². The van der Waals surface area contributed by atoms with Crippen LogP contribution >= 0.6 is 11.8 Å². The Kier molecular flexibility index (Phi) is 10.2. The van der Waals surface area contributed by atoms with Crippen molar-refractivity contribution in [2.45, 2.75) is 23.1 Å². The Morgan fingerprint density at radius 1 is 1.02 bits per heavy atom. The Morgan fingerprint density at radius 3 is 2.41 bits per heavy atom. The third-order valence-corrected chi connectivity index (χ3v) is 7.48. The van der Waals surface area contributed by atoms with Gasteiger partial charge in [0.15, 0.2) is 0 Å². The molecule has 3 N–H and O–H groups in total. The normalized spacial score (nSPS) is 14.5. The van der Waals surface area contributed by atoms with Gasteiger partial charge in [0.05, 0.1) is 11.1 Å². The summed E-state index contributed by atoms with van der Waals surface area (Å²) >= 11 is -0.311. The van der Waals surface area contributed by atoms with Crippen molar-refractivity contribution in [1.82, 2.24) is 14.8 Å². The Morgan fingerprint density at radius 2 is 1.75 bits per heavy atom. The lowest BCUT2D eigenvalue weighted by molar-refractivity contribution is -0.138. The topological polar surface area (TPSA) is 84.3 Å². The van der Waals surface area contributed by atoms with Gasteiger partial charge in [0.2, 0.25) is 0 Å². The molecule has 0 unspecified atom stereocenters.